The third kappa shape index (κ3) is 3.22. The fourth-order valence-corrected chi connectivity index (χ4v) is 4.01. The molecule has 1 aliphatic heterocycles. The van der Waals surface area contributed by atoms with Crippen LogP contribution in [0.1, 0.15) is 44.6 Å². The molecule has 140 valence electrons. The molecule has 0 aromatic heterocycles. The highest BCUT2D eigenvalue weighted by molar-refractivity contribution is 6.16. The Labute approximate surface area is 149 Å². The molecule has 3 rings (SSSR count). The van der Waals surface area contributed by atoms with Crippen molar-refractivity contribution in [1.82, 2.24) is 0 Å². The van der Waals surface area contributed by atoms with E-state index in [0.717, 1.165) is 49.1 Å². The third-order valence-corrected chi connectivity index (χ3v) is 5.18. The van der Waals surface area contributed by atoms with Gasteiger partial charge in [0, 0.05) is 5.69 Å². The molecule has 1 amide bonds. The lowest BCUT2D eigenvalue weighted by Gasteiger charge is -2.35. The number of anilines is 1. The lowest BCUT2D eigenvalue weighted by Crippen LogP contribution is -2.42. The highest BCUT2D eigenvalue weighted by Gasteiger charge is 2.46. The van der Waals surface area contributed by atoms with Crippen molar-refractivity contribution in [3.8, 4) is 0 Å². The summed E-state index contributed by atoms with van der Waals surface area (Å²) >= 11 is 0. The molecule has 1 fully saturated rings. The van der Waals surface area contributed by atoms with Gasteiger partial charge in [-0.05, 0) is 43.9 Å². The van der Waals surface area contributed by atoms with Gasteiger partial charge in [-0.2, -0.15) is 13.2 Å². The molecule has 4 nitrogen and oxygen atoms in total. The number of amides is 1. The smallest absolute Gasteiger partial charge is 0.416 e. The Hall–Kier alpha value is -2.31. The van der Waals surface area contributed by atoms with E-state index in [4.69, 9.17) is 0 Å². The SMILES string of the molecule is CC(=O)C1=C(O)C(=O)N(c2cccc(C(F)(F)F)c2)C1C1CCCCC1. The molecule has 1 aromatic rings. The number of ketones is 1. The number of aliphatic hydroxyl groups is 1. The zero-order valence-electron chi connectivity index (χ0n) is 14.3. The summed E-state index contributed by atoms with van der Waals surface area (Å²) in [6.45, 7) is 1.27. The summed E-state index contributed by atoms with van der Waals surface area (Å²) < 4.78 is 39.2. The van der Waals surface area contributed by atoms with Gasteiger partial charge in [-0.1, -0.05) is 25.3 Å². The average molecular weight is 367 g/mol. The van der Waals surface area contributed by atoms with Crippen molar-refractivity contribution in [3.63, 3.8) is 0 Å². The van der Waals surface area contributed by atoms with Gasteiger partial charge >= 0.3 is 6.18 Å². The first-order valence-corrected chi connectivity index (χ1v) is 8.66. The Bertz CT molecular complexity index is 764. The molecule has 1 aliphatic carbocycles. The van der Waals surface area contributed by atoms with E-state index in [2.05, 4.69) is 0 Å². The molecule has 1 saturated carbocycles. The molecular formula is C19H20F3NO3. The molecule has 1 unspecified atom stereocenters. The van der Waals surface area contributed by atoms with Crippen LogP contribution in [0.15, 0.2) is 35.6 Å². The highest BCUT2D eigenvalue weighted by Crippen LogP contribution is 2.41. The minimum absolute atomic E-state index is 0.0133. The second kappa shape index (κ2) is 6.78. The standard InChI is InChI=1S/C19H20F3NO3/c1-11(24)15-16(12-6-3-2-4-7-12)23(18(26)17(15)25)14-9-5-8-13(10-14)19(20,21)22/h5,8-10,12,16,25H,2-4,6-7H2,1H3. The van der Waals surface area contributed by atoms with Crippen LogP contribution in [0.2, 0.25) is 0 Å². The lowest BCUT2D eigenvalue weighted by atomic mass is 9.80. The van der Waals surface area contributed by atoms with Gasteiger partial charge in [-0.3, -0.25) is 14.5 Å². The number of Topliss-reactive ketones (excluding diaryl/α,β-unsaturated/α-hetero) is 1. The van der Waals surface area contributed by atoms with E-state index in [-0.39, 0.29) is 17.2 Å². The number of alkyl halides is 3. The van der Waals surface area contributed by atoms with E-state index in [0.29, 0.717) is 0 Å². The number of hydrogen-bond acceptors (Lipinski definition) is 3. The lowest BCUT2D eigenvalue weighted by molar-refractivity contribution is -0.137. The number of halogens is 3. The fourth-order valence-electron chi connectivity index (χ4n) is 4.01. The maximum absolute atomic E-state index is 13.1. The summed E-state index contributed by atoms with van der Waals surface area (Å²) in [6.07, 6.45) is -0.117. The minimum atomic E-state index is -4.54. The van der Waals surface area contributed by atoms with E-state index in [1.807, 2.05) is 0 Å². The Kier molecular flexibility index (Phi) is 4.82. The largest absolute Gasteiger partial charge is 0.503 e. The van der Waals surface area contributed by atoms with Crippen molar-refractivity contribution in [3.05, 3.63) is 41.2 Å². The molecule has 2 aliphatic rings. The second-order valence-electron chi connectivity index (χ2n) is 6.88. The molecule has 1 heterocycles. The maximum Gasteiger partial charge on any atom is 0.416 e. The quantitative estimate of drug-likeness (QED) is 0.861. The van der Waals surface area contributed by atoms with Crippen molar-refractivity contribution in [2.45, 2.75) is 51.2 Å². The van der Waals surface area contributed by atoms with Crippen LogP contribution in [0.5, 0.6) is 0 Å². The van der Waals surface area contributed by atoms with Gasteiger partial charge in [0.2, 0.25) is 0 Å². The van der Waals surface area contributed by atoms with E-state index in [1.54, 1.807) is 0 Å². The van der Waals surface area contributed by atoms with E-state index < -0.39 is 35.2 Å². The Morgan fingerprint density at radius 2 is 1.85 bits per heavy atom. The number of benzene rings is 1. The molecule has 0 saturated heterocycles. The number of carbonyl (C=O) groups excluding carboxylic acids is 2. The first kappa shape index (κ1) is 18.5. The number of nitrogens with zero attached hydrogens (tertiary/aromatic N) is 1. The highest BCUT2D eigenvalue weighted by atomic mass is 19.4. The summed E-state index contributed by atoms with van der Waals surface area (Å²) in [5.41, 5.74) is -0.816. The van der Waals surface area contributed by atoms with Crippen LogP contribution in [0.3, 0.4) is 0 Å². The zero-order chi connectivity index (χ0) is 19.1. The second-order valence-corrected chi connectivity index (χ2v) is 6.88. The van der Waals surface area contributed by atoms with E-state index in [1.165, 1.54) is 19.1 Å². The van der Waals surface area contributed by atoms with Gasteiger partial charge in [0.1, 0.15) is 0 Å². The minimum Gasteiger partial charge on any atom is -0.503 e. The zero-order valence-corrected chi connectivity index (χ0v) is 14.3. The van der Waals surface area contributed by atoms with Crippen molar-refractivity contribution >= 4 is 17.4 Å². The number of aliphatic hydroxyl groups excluding tert-OH is 1. The van der Waals surface area contributed by atoms with Crippen LogP contribution in [-0.4, -0.2) is 22.8 Å². The summed E-state index contributed by atoms with van der Waals surface area (Å²) in [4.78, 5) is 25.9. The molecular weight excluding hydrogens is 347 g/mol. The van der Waals surface area contributed by atoms with Gasteiger partial charge in [0.05, 0.1) is 17.2 Å². The summed E-state index contributed by atoms with van der Waals surface area (Å²) in [7, 11) is 0. The molecule has 1 N–H and O–H groups in total. The maximum atomic E-state index is 13.1. The van der Waals surface area contributed by atoms with Gasteiger partial charge in [-0.15, -0.1) is 0 Å². The average Bonchev–Trinajstić information content (AvgIpc) is 2.87. The van der Waals surface area contributed by atoms with Crippen LogP contribution in [0.4, 0.5) is 18.9 Å². The first-order chi connectivity index (χ1) is 12.2. The van der Waals surface area contributed by atoms with Gasteiger partial charge in [0.15, 0.2) is 11.5 Å². The van der Waals surface area contributed by atoms with Crippen LogP contribution >= 0.6 is 0 Å². The normalized spacial score (nSPS) is 22.2. The summed E-state index contributed by atoms with van der Waals surface area (Å²) in [6, 6.07) is 3.73. The van der Waals surface area contributed by atoms with Gasteiger partial charge in [-0.25, -0.2) is 0 Å². The van der Waals surface area contributed by atoms with Gasteiger partial charge < -0.3 is 5.11 Å². The molecule has 0 radical (unpaired) electrons. The number of carbonyl (C=O) groups is 2. The van der Waals surface area contributed by atoms with Crippen molar-refractivity contribution < 1.29 is 27.9 Å². The Balaban J connectivity index is 2.07. The van der Waals surface area contributed by atoms with E-state index >= 15 is 0 Å². The molecule has 1 aromatic carbocycles. The Morgan fingerprint density at radius 3 is 2.42 bits per heavy atom. The summed E-state index contributed by atoms with van der Waals surface area (Å²) in [5, 5.41) is 10.2. The van der Waals surface area contributed by atoms with Crippen molar-refractivity contribution in [1.29, 1.82) is 0 Å². The van der Waals surface area contributed by atoms with Crippen LogP contribution in [0, 0.1) is 5.92 Å². The number of rotatable bonds is 3. The molecule has 7 heteroatoms. The van der Waals surface area contributed by atoms with E-state index in [9.17, 15) is 27.9 Å². The predicted octanol–water partition coefficient (Wildman–Crippen LogP) is 4.40. The van der Waals surface area contributed by atoms with Crippen molar-refractivity contribution in [2.24, 2.45) is 5.92 Å². The number of hydrogen-bond donors (Lipinski definition) is 1. The molecule has 0 bridgehead atoms. The van der Waals surface area contributed by atoms with Crippen LogP contribution < -0.4 is 4.90 Å². The molecule has 1 atom stereocenters. The Morgan fingerprint density at radius 1 is 1.19 bits per heavy atom. The van der Waals surface area contributed by atoms with Crippen LogP contribution in [0.25, 0.3) is 0 Å². The first-order valence-electron chi connectivity index (χ1n) is 8.66. The topological polar surface area (TPSA) is 57.6 Å². The van der Waals surface area contributed by atoms with Crippen molar-refractivity contribution in [2.75, 3.05) is 4.90 Å². The fraction of sp³-hybridized carbons (Fsp3) is 0.474. The van der Waals surface area contributed by atoms with Crippen LogP contribution in [-0.2, 0) is 15.8 Å². The third-order valence-electron chi connectivity index (χ3n) is 5.18. The molecule has 26 heavy (non-hydrogen) atoms. The van der Waals surface area contributed by atoms with Gasteiger partial charge in [0.25, 0.3) is 5.91 Å². The summed E-state index contributed by atoms with van der Waals surface area (Å²) in [5.74, 6) is -1.96. The monoisotopic (exact) mass is 367 g/mol. The molecule has 0 spiro atoms. The predicted molar refractivity (Wildman–Crippen MR) is 89.6 cm³/mol.